The number of nitrogens with one attached hydrogen (secondary N) is 2. The molecular formula is C18H16F2N4O4. The molecule has 3 fully saturated rings. The molecule has 3 unspecified atom stereocenters. The number of nitrogens with zero attached hydrogens (tertiary/aromatic N) is 2. The molecule has 3 atom stereocenters. The first-order chi connectivity index (χ1) is 13.4. The van der Waals surface area contributed by atoms with E-state index in [1.807, 2.05) is 4.90 Å². The summed E-state index contributed by atoms with van der Waals surface area (Å²) in [6.07, 6.45) is 0.718. The quantitative estimate of drug-likeness (QED) is 0.686. The monoisotopic (exact) mass is 390 g/mol. The van der Waals surface area contributed by atoms with Crippen LogP contribution < -0.4 is 15.5 Å². The van der Waals surface area contributed by atoms with Crippen molar-refractivity contribution in [3.05, 3.63) is 28.8 Å². The maximum absolute atomic E-state index is 14.5. The van der Waals surface area contributed by atoms with Gasteiger partial charge in [0, 0.05) is 37.7 Å². The van der Waals surface area contributed by atoms with Crippen molar-refractivity contribution in [1.29, 1.82) is 0 Å². The van der Waals surface area contributed by atoms with E-state index in [0.717, 1.165) is 12.5 Å². The summed E-state index contributed by atoms with van der Waals surface area (Å²) < 4.78 is 28.8. The van der Waals surface area contributed by atoms with Gasteiger partial charge in [-0.25, -0.2) is 8.78 Å². The summed E-state index contributed by atoms with van der Waals surface area (Å²) in [6, 6.07) is -0.0654. The zero-order chi connectivity index (χ0) is 19.7. The molecule has 4 amide bonds. The van der Waals surface area contributed by atoms with Crippen LogP contribution in [0.25, 0.3) is 0 Å². The summed E-state index contributed by atoms with van der Waals surface area (Å²) in [5, 5.41) is 5.36. The Kier molecular flexibility index (Phi) is 3.57. The topological polar surface area (TPSA) is 98.8 Å². The molecule has 8 nitrogen and oxygen atoms in total. The molecule has 1 aromatic rings. The second-order valence-corrected chi connectivity index (χ2v) is 7.54. The average Bonchev–Trinajstić information content (AvgIpc) is 3.34. The van der Waals surface area contributed by atoms with Crippen molar-refractivity contribution in [2.75, 3.05) is 18.0 Å². The highest BCUT2D eigenvalue weighted by molar-refractivity contribution is 6.25. The second kappa shape index (κ2) is 5.81. The number of piperazine rings is 1. The van der Waals surface area contributed by atoms with Gasteiger partial charge in [-0.15, -0.1) is 0 Å². The second-order valence-electron chi connectivity index (χ2n) is 7.54. The number of fused-ring (bicyclic) bond motifs is 3. The summed E-state index contributed by atoms with van der Waals surface area (Å²) in [4.78, 5) is 51.9. The zero-order valence-corrected chi connectivity index (χ0v) is 14.6. The van der Waals surface area contributed by atoms with Gasteiger partial charge in [0.25, 0.3) is 11.8 Å². The van der Waals surface area contributed by atoms with Crippen molar-refractivity contribution >= 4 is 29.3 Å². The van der Waals surface area contributed by atoms with Crippen LogP contribution in [0.15, 0.2) is 6.07 Å². The Morgan fingerprint density at radius 2 is 1.82 bits per heavy atom. The molecule has 28 heavy (non-hydrogen) atoms. The van der Waals surface area contributed by atoms with Gasteiger partial charge < -0.3 is 10.2 Å². The molecular weight excluding hydrogens is 374 g/mol. The third kappa shape index (κ3) is 2.24. The number of hydrogen-bond acceptors (Lipinski definition) is 6. The number of benzene rings is 1. The minimum absolute atomic E-state index is 0.0199. The molecule has 0 aliphatic carbocycles. The number of piperidine rings is 1. The molecule has 0 spiro atoms. The van der Waals surface area contributed by atoms with Gasteiger partial charge in [0.15, 0.2) is 11.6 Å². The summed E-state index contributed by atoms with van der Waals surface area (Å²) >= 11 is 0. The van der Waals surface area contributed by atoms with Gasteiger partial charge in [0.1, 0.15) is 6.04 Å². The molecule has 4 aliphatic heterocycles. The lowest BCUT2D eigenvalue weighted by Crippen LogP contribution is -2.54. The Morgan fingerprint density at radius 3 is 2.46 bits per heavy atom. The first-order valence-corrected chi connectivity index (χ1v) is 9.10. The number of carbonyl (C=O) groups is 4. The fourth-order valence-corrected chi connectivity index (χ4v) is 4.66. The van der Waals surface area contributed by atoms with Crippen LogP contribution in [0.5, 0.6) is 0 Å². The summed E-state index contributed by atoms with van der Waals surface area (Å²) in [5.74, 6) is -5.78. The van der Waals surface area contributed by atoms with E-state index in [1.165, 1.54) is 0 Å². The van der Waals surface area contributed by atoms with Crippen LogP contribution in [0, 0.1) is 11.6 Å². The van der Waals surface area contributed by atoms with E-state index in [-0.39, 0.29) is 36.2 Å². The standard InChI is InChI=1S/C18H16F2N4O4/c19-9-4-11(23-6-7-3-8(23)5-21-7)13-14(15(9)20)18(28)24(17(13)27)10-1-2-12(25)22-16(10)26/h4,7-8,10,21H,1-3,5-6H2,(H,22,25,26). The van der Waals surface area contributed by atoms with Crippen LogP contribution in [0.4, 0.5) is 14.5 Å². The largest absolute Gasteiger partial charge is 0.365 e. The van der Waals surface area contributed by atoms with Crippen LogP contribution in [0.1, 0.15) is 40.0 Å². The predicted molar refractivity (Wildman–Crippen MR) is 90.6 cm³/mol. The summed E-state index contributed by atoms with van der Waals surface area (Å²) in [5.41, 5.74) is -0.669. The Morgan fingerprint density at radius 1 is 1.07 bits per heavy atom. The van der Waals surface area contributed by atoms with Crippen molar-refractivity contribution in [3.63, 3.8) is 0 Å². The minimum Gasteiger partial charge on any atom is -0.365 e. The van der Waals surface area contributed by atoms with Gasteiger partial charge in [0.2, 0.25) is 11.8 Å². The lowest BCUT2D eigenvalue weighted by molar-refractivity contribution is -0.136. The molecule has 0 radical (unpaired) electrons. The predicted octanol–water partition coefficient (Wildman–Crippen LogP) is -0.0835. The van der Waals surface area contributed by atoms with E-state index in [0.29, 0.717) is 18.0 Å². The van der Waals surface area contributed by atoms with Crippen molar-refractivity contribution in [1.82, 2.24) is 15.5 Å². The van der Waals surface area contributed by atoms with Gasteiger partial charge >= 0.3 is 0 Å². The van der Waals surface area contributed by atoms with E-state index in [1.54, 1.807) is 0 Å². The number of anilines is 1. The number of imide groups is 2. The third-order valence-corrected chi connectivity index (χ3v) is 5.95. The number of halogens is 2. The zero-order valence-electron chi connectivity index (χ0n) is 14.6. The van der Waals surface area contributed by atoms with Crippen molar-refractivity contribution < 1.29 is 28.0 Å². The normalized spacial score (nSPS) is 29.0. The molecule has 10 heteroatoms. The summed E-state index contributed by atoms with van der Waals surface area (Å²) in [7, 11) is 0. The van der Waals surface area contributed by atoms with E-state index >= 15 is 0 Å². The fourth-order valence-electron chi connectivity index (χ4n) is 4.66. The molecule has 1 aromatic carbocycles. The van der Waals surface area contributed by atoms with E-state index in [4.69, 9.17) is 0 Å². The maximum atomic E-state index is 14.5. The van der Waals surface area contributed by atoms with Crippen molar-refractivity contribution in [2.24, 2.45) is 0 Å². The molecule has 0 saturated carbocycles. The van der Waals surface area contributed by atoms with Gasteiger partial charge in [-0.3, -0.25) is 29.4 Å². The smallest absolute Gasteiger partial charge is 0.265 e. The highest BCUT2D eigenvalue weighted by Crippen LogP contribution is 2.40. The maximum Gasteiger partial charge on any atom is 0.265 e. The number of rotatable bonds is 2. The van der Waals surface area contributed by atoms with Crippen LogP contribution in [0.3, 0.4) is 0 Å². The van der Waals surface area contributed by atoms with Crippen molar-refractivity contribution in [3.8, 4) is 0 Å². The Labute approximate surface area is 157 Å². The fraction of sp³-hybridized carbons (Fsp3) is 0.444. The number of hydrogen-bond donors (Lipinski definition) is 2. The molecule has 4 aliphatic rings. The Hall–Kier alpha value is -2.88. The lowest BCUT2D eigenvalue weighted by Gasteiger charge is -2.31. The van der Waals surface area contributed by atoms with Gasteiger partial charge in [-0.2, -0.15) is 0 Å². The van der Waals surface area contributed by atoms with Crippen LogP contribution in [0.2, 0.25) is 0 Å². The molecule has 3 saturated heterocycles. The first-order valence-electron chi connectivity index (χ1n) is 9.10. The number of carbonyl (C=O) groups excluding carboxylic acids is 4. The van der Waals surface area contributed by atoms with E-state index in [2.05, 4.69) is 10.6 Å². The highest BCUT2D eigenvalue weighted by Gasteiger charge is 2.50. The SMILES string of the molecule is O=C1CCC(N2C(=O)c3c(N4CC5CC4CN5)cc(F)c(F)c3C2=O)C(=O)N1. The lowest BCUT2D eigenvalue weighted by atomic mass is 10.0. The van der Waals surface area contributed by atoms with Crippen LogP contribution in [-0.2, 0) is 9.59 Å². The van der Waals surface area contributed by atoms with Gasteiger partial charge in [-0.1, -0.05) is 0 Å². The molecule has 5 rings (SSSR count). The van der Waals surface area contributed by atoms with Crippen LogP contribution in [-0.4, -0.2) is 59.7 Å². The van der Waals surface area contributed by atoms with Gasteiger partial charge in [0.05, 0.1) is 16.8 Å². The van der Waals surface area contributed by atoms with E-state index in [9.17, 15) is 28.0 Å². The van der Waals surface area contributed by atoms with Crippen molar-refractivity contribution in [2.45, 2.75) is 37.4 Å². The molecule has 146 valence electrons. The van der Waals surface area contributed by atoms with E-state index < -0.39 is 46.9 Å². The Bertz CT molecular complexity index is 965. The summed E-state index contributed by atoms with van der Waals surface area (Å²) in [6.45, 7) is 1.17. The molecule has 2 bridgehead atoms. The number of amides is 4. The Balaban J connectivity index is 1.60. The van der Waals surface area contributed by atoms with Crippen LogP contribution >= 0.6 is 0 Å². The third-order valence-electron chi connectivity index (χ3n) is 5.95. The highest BCUT2D eigenvalue weighted by atomic mass is 19.2. The molecule has 4 heterocycles. The first kappa shape index (κ1) is 17.2. The average molecular weight is 390 g/mol. The molecule has 0 aromatic heterocycles. The minimum atomic E-state index is -1.39. The molecule has 2 N–H and O–H groups in total. The van der Waals surface area contributed by atoms with Gasteiger partial charge in [-0.05, 0) is 12.8 Å².